The SMILES string of the molecule is CN1C(=O)N(CCN2CCOCC2)C(=O)C2C1N=C1N(c3ccccc3)CCN12. The molecule has 3 amide bonds. The minimum Gasteiger partial charge on any atom is -0.379 e. The van der Waals surface area contributed by atoms with Gasteiger partial charge in [0.25, 0.3) is 5.91 Å². The minimum absolute atomic E-state index is 0.139. The van der Waals surface area contributed by atoms with Gasteiger partial charge in [0.15, 0.2) is 12.2 Å². The van der Waals surface area contributed by atoms with Gasteiger partial charge in [-0.1, -0.05) is 18.2 Å². The molecule has 0 aromatic heterocycles. The van der Waals surface area contributed by atoms with Gasteiger partial charge >= 0.3 is 6.03 Å². The highest BCUT2D eigenvalue weighted by atomic mass is 16.5. The standard InChI is InChI=1S/C20H26N6O3/c1-22-17-16(18(27)26(20(22)28)8-7-23-11-13-29-14-12-23)25-10-9-24(19(25)21-17)15-5-3-2-4-6-15/h2-6,16-17H,7-14H2,1H3. The van der Waals surface area contributed by atoms with Gasteiger partial charge in [-0.25, -0.2) is 9.79 Å². The van der Waals surface area contributed by atoms with E-state index in [0.29, 0.717) is 26.3 Å². The number of aliphatic imine (C=N–C) groups is 1. The van der Waals surface area contributed by atoms with Crippen LogP contribution in [0.25, 0.3) is 0 Å². The Bertz CT molecular complexity index is 825. The van der Waals surface area contributed by atoms with Crippen molar-refractivity contribution in [3.63, 3.8) is 0 Å². The average molecular weight is 398 g/mol. The van der Waals surface area contributed by atoms with Gasteiger partial charge in [-0.05, 0) is 12.1 Å². The van der Waals surface area contributed by atoms with Crippen molar-refractivity contribution in [1.82, 2.24) is 19.6 Å². The maximum Gasteiger partial charge on any atom is 0.328 e. The summed E-state index contributed by atoms with van der Waals surface area (Å²) in [6.45, 7) is 5.66. The van der Waals surface area contributed by atoms with Gasteiger partial charge < -0.3 is 19.4 Å². The van der Waals surface area contributed by atoms with Crippen molar-refractivity contribution in [3.8, 4) is 0 Å². The van der Waals surface area contributed by atoms with Crippen molar-refractivity contribution < 1.29 is 14.3 Å². The maximum absolute atomic E-state index is 13.3. The molecule has 4 heterocycles. The molecule has 1 aromatic rings. The lowest BCUT2D eigenvalue weighted by molar-refractivity contribution is -0.137. The first-order valence-electron chi connectivity index (χ1n) is 10.2. The number of hydrogen-bond donors (Lipinski definition) is 0. The Labute approximate surface area is 170 Å². The number of fused-ring (bicyclic) bond motifs is 3. The molecular formula is C20H26N6O3. The maximum atomic E-state index is 13.3. The number of guanidine groups is 1. The van der Waals surface area contributed by atoms with Crippen LogP contribution in [0, 0.1) is 0 Å². The molecule has 0 N–H and O–H groups in total. The van der Waals surface area contributed by atoms with Gasteiger partial charge in [0.05, 0.1) is 13.2 Å². The monoisotopic (exact) mass is 398 g/mol. The molecule has 5 rings (SSSR count). The van der Waals surface area contributed by atoms with Gasteiger partial charge in [-0.3, -0.25) is 14.6 Å². The van der Waals surface area contributed by atoms with Gasteiger partial charge in [-0.2, -0.15) is 0 Å². The molecule has 154 valence electrons. The van der Waals surface area contributed by atoms with Crippen LogP contribution in [-0.4, -0.2) is 109 Å². The molecule has 2 unspecified atom stereocenters. The van der Waals surface area contributed by atoms with E-state index in [9.17, 15) is 9.59 Å². The third-order valence-electron chi connectivity index (χ3n) is 6.19. The van der Waals surface area contributed by atoms with Crippen molar-refractivity contribution in [2.45, 2.75) is 12.2 Å². The number of hydrogen-bond acceptors (Lipinski definition) is 7. The summed E-state index contributed by atoms with van der Waals surface area (Å²) in [6, 6.07) is 9.35. The van der Waals surface area contributed by atoms with Gasteiger partial charge in [0.1, 0.15) is 0 Å². The lowest BCUT2D eigenvalue weighted by Gasteiger charge is -2.41. The van der Waals surface area contributed by atoms with E-state index in [4.69, 9.17) is 9.73 Å². The second kappa shape index (κ2) is 7.31. The number of nitrogens with zero attached hydrogens (tertiary/aromatic N) is 6. The second-order valence-corrected chi connectivity index (χ2v) is 7.81. The summed E-state index contributed by atoms with van der Waals surface area (Å²) in [5.41, 5.74) is 1.05. The molecule has 9 heteroatoms. The summed E-state index contributed by atoms with van der Waals surface area (Å²) in [6.07, 6.45) is -0.462. The van der Waals surface area contributed by atoms with Crippen LogP contribution in [-0.2, 0) is 9.53 Å². The molecule has 0 aliphatic carbocycles. The number of rotatable bonds is 4. The number of ether oxygens (including phenoxy) is 1. The zero-order chi connectivity index (χ0) is 20.0. The van der Waals surface area contributed by atoms with Crippen LogP contribution >= 0.6 is 0 Å². The first-order valence-corrected chi connectivity index (χ1v) is 10.2. The van der Waals surface area contributed by atoms with Crippen molar-refractivity contribution in [1.29, 1.82) is 0 Å². The average Bonchev–Trinajstić information content (AvgIpc) is 3.33. The van der Waals surface area contributed by atoms with Crippen LogP contribution < -0.4 is 4.90 Å². The first-order chi connectivity index (χ1) is 14.1. The van der Waals surface area contributed by atoms with Crippen molar-refractivity contribution in [2.24, 2.45) is 4.99 Å². The molecule has 0 saturated carbocycles. The number of morpholine rings is 1. The number of carbonyl (C=O) groups is 2. The van der Waals surface area contributed by atoms with Crippen LogP contribution in [0.3, 0.4) is 0 Å². The fraction of sp³-hybridized carbons (Fsp3) is 0.550. The smallest absolute Gasteiger partial charge is 0.328 e. The van der Waals surface area contributed by atoms with E-state index < -0.39 is 12.2 Å². The third-order valence-corrected chi connectivity index (χ3v) is 6.19. The Morgan fingerprint density at radius 2 is 1.79 bits per heavy atom. The van der Waals surface area contributed by atoms with E-state index >= 15 is 0 Å². The Morgan fingerprint density at radius 1 is 1.03 bits per heavy atom. The highest BCUT2D eigenvalue weighted by molar-refractivity contribution is 6.07. The van der Waals surface area contributed by atoms with Crippen LogP contribution in [0.4, 0.5) is 10.5 Å². The number of carbonyl (C=O) groups excluding carboxylic acids is 2. The number of urea groups is 1. The van der Waals surface area contributed by atoms with Gasteiger partial charge in [-0.15, -0.1) is 0 Å². The molecule has 2 atom stereocenters. The lowest BCUT2D eigenvalue weighted by Crippen LogP contribution is -2.65. The molecule has 9 nitrogen and oxygen atoms in total. The van der Waals surface area contributed by atoms with Crippen LogP contribution in [0.2, 0.25) is 0 Å². The molecular weight excluding hydrogens is 372 g/mol. The van der Waals surface area contributed by atoms with E-state index in [1.165, 1.54) is 4.90 Å². The largest absolute Gasteiger partial charge is 0.379 e. The van der Waals surface area contributed by atoms with Crippen molar-refractivity contribution in [3.05, 3.63) is 30.3 Å². The quantitative estimate of drug-likeness (QED) is 0.717. The topological polar surface area (TPSA) is 71.9 Å². The number of benzene rings is 1. The lowest BCUT2D eigenvalue weighted by atomic mass is 10.1. The molecule has 0 radical (unpaired) electrons. The summed E-state index contributed by atoms with van der Waals surface area (Å²) >= 11 is 0. The predicted molar refractivity (Wildman–Crippen MR) is 108 cm³/mol. The minimum atomic E-state index is -0.462. The van der Waals surface area contributed by atoms with Crippen LogP contribution in [0.5, 0.6) is 0 Å². The second-order valence-electron chi connectivity index (χ2n) is 7.81. The van der Waals surface area contributed by atoms with Gasteiger partial charge in [0.2, 0.25) is 5.96 Å². The highest BCUT2D eigenvalue weighted by Gasteiger charge is 2.54. The van der Waals surface area contributed by atoms with Crippen LogP contribution in [0.15, 0.2) is 35.3 Å². The molecule has 1 aromatic carbocycles. The van der Waals surface area contributed by atoms with Crippen LogP contribution in [0.1, 0.15) is 0 Å². The summed E-state index contributed by atoms with van der Waals surface area (Å²) in [7, 11) is 1.74. The molecule has 4 aliphatic heterocycles. The summed E-state index contributed by atoms with van der Waals surface area (Å²) in [5.74, 6) is 0.647. The fourth-order valence-corrected chi connectivity index (χ4v) is 4.56. The van der Waals surface area contributed by atoms with E-state index in [2.05, 4.69) is 14.7 Å². The zero-order valence-electron chi connectivity index (χ0n) is 16.6. The molecule has 3 saturated heterocycles. The summed E-state index contributed by atoms with van der Waals surface area (Å²) < 4.78 is 5.38. The number of likely N-dealkylation sites (N-methyl/N-ethyl adjacent to an activating group) is 1. The van der Waals surface area contributed by atoms with E-state index in [-0.39, 0.29) is 11.9 Å². The molecule has 0 spiro atoms. The number of anilines is 1. The molecule has 29 heavy (non-hydrogen) atoms. The van der Waals surface area contributed by atoms with Crippen molar-refractivity contribution >= 4 is 23.6 Å². The third kappa shape index (κ3) is 3.05. The Morgan fingerprint density at radius 3 is 2.55 bits per heavy atom. The van der Waals surface area contributed by atoms with Crippen molar-refractivity contribution in [2.75, 3.05) is 64.4 Å². The summed E-state index contributed by atoms with van der Waals surface area (Å²) in [4.78, 5) is 40.5. The Hall–Kier alpha value is -2.65. The predicted octanol–water partition coefficient (Wildman–Crippen LogP) is 0.0991. The van der Waals surface area contributed by atoms with E-state index in [1.54, 1.807) is 11.9 Å². The molecule has 0 bridgehead atoms. The Kier molecular flexibility index (Phi) is 4.63. The number of imide groups is 1. The van der Waals surface area contributed by atoms with Gasteiger partial charge in [0, 0.05) is 52.0 Å². The first kappa shape index (κ1) is 18.4. The Balaban J connectivity index is 1.34. The molecule has 3 fully saturated rings. The van der Waals surface area contributed by atoms with E-state index in [0.717, 1.165) is 37.8 Å². The fourth-order valence-electron chi connectivity index (χ4n) is 4.56. The molecule has 4 aliphatic rings. The zero-order valence-corrected chi connectivity index (χ0v) is 16.6. The highest BCUT2D eigenvalue weighted by Crippen LogP contribution is 2.33. The number of para-hydroxylation sites is 1. The summed E-state index contributed by atoms with van der Waals surface area (Å²) in [5, 5.41) is 0. The van der Waals surface area contributed by atoms with E-state index in [1.807, 2.05) is 30.3 Å². The number of amides is 3. The normalized spacial score (nSPS) is 27.4.